The van der Waals surface area contributed by atoms with Crippen LogP contribution in [0.3, 0.4) is 0 Å². The van der Waals surface area contributed by atoms with Gasteiger partial charge in [-0.2, -0.15) is 0 Å². The summed E-state index contributed by atoms with van der Waals surface area (Å²) in [5.41, 5.74) is 0. The molecule has 0 aromatic rings. The number of amidine groups is 1. The molecule has 0 radical (unpaired) electrons. The minimum atomic E-state index is -0.996. The monoisotopic (exact) mass is 402 g/mol. The van der Waals surface area contributed by atoms with E-state index in [2.05, 4.69) is 6.92 Å². The summed E-state index contributed by atoms with van der Waals surface area (Å²) in [4.78, 5) is 23.9. The molecule has 0 bridgehead atoms. The fourth-order valence-electron chi connectivity index (χ4n) is 3.57. The zero-order chi connectivity index (χ0) is 20.1. The Labute approximate surface area is 168 Å². The molecule has 0 spiro atoms. The van der Waals surface area contributed by atoms with E-state index in [9.17, 15) is 9.59 Å². The topological polar surface area (TPSA) is 120 Å². The lowest BCUT2D eigenvalue weighted by atomic mass is 10.1. The molecule has 8 heteroatoms. The lowest BCUT2D eigenvalue weighted by Crippen LogP contribution is -2.40. The first-order valence-electron chi connectivity index (χ1n) is 10.4. The van der Waals surface area contributed by atoms with Gasteiger partial charge in [0, 0.05) is 13.3 Å². The molecule has 0 amide bonds. The van der Waals surface area contributed by atoms with Crippen LogP contribution in [0.25, 0.3) is 0 Å². The van der Waals surface area contributed by atoms with Crippen LogP contribution in [-0.4, -0.2) is 75.4 Å². The van der Waals surface area contributed by atoms with E-state index >= 15 is 0 Å². The molecule has 1 aliphatic heterocycles. The second-order valence-corrected chi connectivity index (χ2v) is 7.31. The van der Waals surface area contributed by atoms with Crippen LogP contribution in [0.2, 0.25) is 0 Å². The van der Waals surface area contributed by atoms with Crippen LogP contribution in [0.1, 0.15) is 78.1 Å². The van der Waals surface area contributed by atoms with E-state index in [1.54, 1.807) is 0 Å². The molecule has 1 heterocycles. The van der Waals surface area contributed by atoms with Gasteiger partial charge in [-0.05, 0) is 6.42 Å². The van der Waals surface area contributed by atoms with Crippen LogP contribution in [0.4, 0.5) is 0 Å². The summed E-state index contributed by atoms with van der Waals surface area (Å²) < 4.78 is 7.28. The standard InChI is InChI=1S/C20H36N2O5.H2O/c1-3-4-5-6-7-8-9-10-11-12-18-21(15-19(23)24)13-14-22(18)17(2)27-16-20(25)26;/h17H,3-16H2,1-2H3,(H-,23,24,25,26);1H2. The third kappa shape index (κ3) is 10.6. The molecular formula is C20H38N2O6. The molecule has 3 N–H and O–H groups in total. The molecular weight excluding hydrogens is 364 g/mol. The third-order valence-electron chi connectivity index (χ3n) is 5.02. The van der Waals surface area contributed by atoms with Crippen molar-refractivity contribution >= 4 is 17.8 Å². The maximum atomic E-state index is 11.1. The number of unbranched alkanes of at least 4 members (excludes halogenated alkanes) is 8. The van der Waals surface area contributed by atoms with Crippen molar-refractivity contribution in [3.63, 3.8) is 0 Å². The van der Waals surface area contributed by atoms with Gasteiger partial charge in [-0.25, -0.2) is 14.5 Å². The number of carboxylic acids is 2. The van der Waals surface area contributed by atoms with Gasteiger partial charge in [-0.3, -0.25) is 4.58 Å². The summed E-state index contributed by atoms with van der Waals surface area (Å²) in [5.74, 6) is -0.873. The van der Waals surface area contributed by atoms with Crippen LogP contribution in [0.15, 0.2) is 0 Å². The summed E-state index contributed by atoms with van der Waals surface area (Å²) in [6, 6.07) is 0. The Morgan fingerprint density at radius 2 is 1.61 bits per heavy atom. The quantitative estimate of drug-likeness (QED) is 0.301. The summed E-state index contributed by atoms with van der Waals surface area (Å²) in [7, 11) is 0. The van der Waals surface area contributed by atoms with Gasteiger partial charge in [0.25, 0.3) is 0 Å². The highest BCUT2D eigenvalue weighted by Crippen LogP contribution is 2.16. The van der Waals surface area contributed by atoms with Crippen molar-refractivity contribution in [3.8, 4) is 0 Å². The molecule has 28 heavy (non-hydrogen) atoms. The number of hydrogen-bond donors (Lipinski definition) is 2. The molecule has 0 saturated heterocycles. The molecule has 0 aliphatic carbocycles. The number of aliphatic carboxylic acids is 2. The van der Waals surface area contributed by atoms with Gasteiger partial charge in [0.1, 0.15) is 19.7 Å². The average molecular weight is 403 g/mol. The van der Waals surface area contributed by atoms with Crippen LogP contribution < -0.4 is 0 Å². The number of carboxylic acid groups (broad SMARTS) is 2. The van der Waals surface area contributed by atoms with Crippen molar-refractivity contribution in [3.05, 3.63) is 0 Å². The minimum absolute atomic E-state index is 0. The zero-order valence-corrected chi connectivity index (χ0v) is 17.4. The first kappa shape index (κ1) is 26.3. The Hall–Kier alpha value is -1.67. The van der Waals surface area contributed by atoms with Gasteiger partial charge >= 0.3 is 11.9 Å². The Balaban J connectivity index is 0.00000729. The molecule has 1 unspecified atom stereocenters. The van der Waals surface area contributed by atoms with Crippen molar-refractivity contribution in [2.75, 3.05) is 26.2 Å². The van der Waals surface area contributed by atoms with Gasteiger partial charge in [-0.1, -0.05) is 58.3 Å². The number of carbonyl (C=O) groups is 2. The maximum absolute atomic E-state index is 11.1. The SMILES string of the molecule is CCCCCCCCCCCC1=[N+](CC(=O)O)CCN1C(C)OCC(=O)O.[OH-]. The Bertz CT molecular complexity index is 495. The lowest BCUT2D eigenvalue weighted by Gasteiger charge is -2.20. The normalized spacial score (nSPS) is 14.9. The largest absolute Gasteiger partial charge is 0.870 e. The summed E-state index contributed by atoms with van der Waals surface area (Å²) in [6.45, 7) is 4.99. The van der Waals surface area contributed by atoms with E-state index in [1.807, 2.05) is 16.4 Å². The molecule has 8 nitrogen and oxygen atoms in total. The number of rotatable bonds is 16. The van der Waals surface area contributed by atoms with Gasteiger partial charge in [0.15, 0.2) is 12.8 Å². The smallest absolute Gasteiger partial charge is 0.345 e. The highest BCUT2D eigenvalue weighted by Gasteiger charge is 2.35. The van der Waals surface area contributed by atoms with Gasteiger partial charge < -0.3 is 20.4 Å². The van der Waals surface area contributed by atoms with Crippen LogP contribution in [0.5, 0.6) is 0 Å². The number of ether oxygens (including phenoxy) is 1. The second-order valence-electron chi connectivity index (χ2n) is 7.31. The van der Waals surface area contributed by atoms with Crippen molar-refractivity contribution < 1.29 is 34.6 Å². The molecule has 0 aromatic carbocycles. The fourth-order valence-corrected chi connectivity index (χ4v) is 3.57. The van der Waals surface area contributed by atoms with E-state index in [-0.39, 0.29) is 24.9 Å². The van der Waals surface area contributed by atoms with E-state index in [0.717, 1.165) is 25.1 Å². The van der Waals surface area contributed by atoms with Gasteiger partial charge in [0.05, 0.1) is 0 Å². The van der Waals surface area contributed by atoms with Gasteiger partial charge in [0.2, 0.25) is 5.84 Å². The van der Waals surface area contributed by atoms with Crippen molar-refractivity contribution in [1.82, 2.24) is 4.90 Å². The van der Waals surface area contributed by atoms with Crippen LogP contribution in [0, 0.1) is 0 Å². The minimum Gasteiger partial charge on any atom is -0.870 e. The van der Waals surface area contributed by atoms with Crippen LogP contribution in [-0.2, 0) is 14.3 Å². The fraction of sp³-hybridized carbons (Fsp3) is 0.850. The van der Waals surface area contributed by atoms with E-state index in [1.165, 1.54) is 44.9 Å². The molecule has 1 aliphatic rings. The Morgan fingerprint density at radius 3 is 2.14 bits per heavy atom. The molecule has 0 saturated carbocycles. The molecule has 1 rings (SSSR count). The average Bonchev–Trinajstić information content (AvgIpc) is 3.00. The van der Waals surface area contributed by atoms with E-state index < -0.39 is 11.9 Å². The van der Waals surface area contributed by atoms with Crippen LogP contribution >= 0.6 is 0 Å². The third-order valence-corrected chi connectivity index (χ3v) is 5.02. The molecule has 0 fully saturated rings. The number of hydrogen-bond acceptors (Lipinski definition) is 5. The van der Waals surface area contributed by atoms with E-state index in [0.29, 0.717) is 13.1 Å². The summed E-state index contributed by atoms with van der Waals surface area (Å²) >= 11 is 0. The van der Waals surface area contributed by atoms with Crippen molar-refractivity contribution in [1.29, 1.82) is 0 Å². The first-order valence-corrected chi connectivity index (χ1v) is 10.4. The predicted molar refractivity (Wildman–Crippen MR) is 106 cm³/mol. The molecule has 164 valence electrons. The van der Waals surface area contributed by atoms with E-state index in [4.69, 9.17) is 14.9 Å². The molecule has 1 atom stereocenters. The lowest BCUT2D eigenvalue weighted by molar-refractivity contribution is -0.509. The summed E-state index contributed by atoms with van der Waals surface area (Å²) in [5, 5.41) is 17.9. The Kier molecular flexibility index (Phi) is 14.4. The predicted octanol–water partition coefficient (Wildman–Crippen LogP) is 2.99. The zero-order valence-electron chi connectivity index (χ0n) is 17.4. The van der Waals surface area contributed by atoms with Crippen molar-refractivity contribution in [2.24, 2.45) is 0 Å². The summed E-state index contributed by atoms with van der Waals surface area (Å²) in [6.07, 6.45) is 11.6. The first-order chi connectivity index (χ1) is 13.0. The number of nitrogens with zero attached hydrogens (tertiary/aromatic N) is 2. The van der Waals surface area contributed by atoms with Gasteiger partial charge in [-0.15, -0.1) is 0 Å². The second kappa shape index (κ2) is 15.3. The molecule has 0 aromatic heterocycles. The maximum Gasteiger partial charge on any atom is 0.345 e. The highest BCUT2D eigenvalue weighted by atomic mass is 16.5. The van der Waals surface area contributed by atoms with Crippen molar-refractivity contribution in [2.45, 2.75) is 84.3 Å². The highest BCUT2D eigenvalue weighted by molar-refractivity contribution is 5.80. The Morgan fingerprint density at radius 1 is 1.04 bits per heavy atom.